The fourth-order valence-corrected chi connectivity index (χ4v) is 3.35. The predicted molar refractivity (Wildman–Crippen MR) is 82.6 cm³/mol. The Kier molecular flexibility index (Phi) is 5.29. The number of anilines is 1. The van der Waals surface area contributed by atoms with Gasteiger partial charge in [0.05, 0.1) is 30.8 Å². The van der Waals surface area contributed by atoms with Crippen LogP contribution in [-0.4, -0.2) is 41.6 Å². The van der Waals surface area contributed by atoms with E-state index in [1.54, 1.807) is 0 Å². The van der Waals surface area contributed by atoms with Gasteiger partial charge in [-0.1, -0.05) is 6.42 Å². The molecule has 1 aromatic rings. The third-order valence-electron chi connectivity index (χ3n) is 4.61. The second-order valence-corrected chi connectivity index (χ2v) is 5.75. The fraction of sp³-hybridized carbons (Fsp3) is 0.786. The van der Waals surface area contributed by atoms with Crippen molar-refractivity contribution in [1.82, 2.24) is 15.1 Å². The molecule has 2 heterocycles. The molecule has 1 aromatic heterocycles. The summed E-state index contributed by atoms with van der Waals surface area (Å²) in [5, 5.41) is 11.6. The van der Waals surface area contributed by atoms with Gasteiger partial charge in [0.2, 0.25) is 0 Å². The highest BCUT2D eigenvalue weighted by Gasteiger charge is 2.34. The number of aryl methyl sites for hydroxylation is 1. The molecule has 1 aliphatic carbocycles. The van der Waals surface area contributed by atoms with Crippen LogP contribution in [0, 0.1) is 12.8 Å². The molecule has 6 heteroatoms. The number of aromatic nitrogens is 2. The topological polar surface area (TPSA) is 51.1 Å². The van der Waals surface area contributed by atoms with E-state index in [0.717, 1.165) is 19.8 Å². The number of morpholine rings is 1. The molecule has 1 saturated carbocycles. The molecule has 0 aromatic carbocycles. The van der Waals surface area contributed by atoms with E-state index in [-0.39, 0.29) is 12.4 Å². The summed E-state index contributed by atoms with van der Waals surface area (Å²) in [6, 6.07) is 1.05. The van der Waals surface area contributed by atoms with Crippen LogP contribution < -0.4 is 10.6 Å². The Labute approximate surface area is 126 Å². The largest absolute Gasteiger partial charge is 0.379 e. The number of ether oxygens (including phenoxy) is 1. The highest BCUT2D eigenvalue weighted by Crippen LogP contribution is 2.32. The summed E-state index contributed by atoms with van der Waals surface area (Å²) in [6.07, 6.45) is 5.78. The maximum Gasteiger partial charge on any atom is 0.0758 e. The van der Waals surface area contributed by atoms with Crippen molar-refractivity contribution in [3.63, 3.8) is 0 Å². The lowest BCUT2D eigenvalue weighted by Crippen LogP contribution is -2.49. The molecule has 114 valence electrons. The first kappa shape index (κ1) is 15.6. The zero-order chi connectivity index (χ0) is 13.2. The summed E-state index contributed by atoms with van der Waals surface area (Å²) >= 11 is 0. The Bertz CT molecular complexity index is 431. The third kappa shape index (κ3) is 3.10. The van der Waals surface area contributed by atoms with Gasteiger partial charge in [-0.05, 0) is 25.7 Å². The Balaban J connectivity index is 0.00000147. The van der Waals surface area contributed by atoms with E-state index < -0.39 is 0 Å². The quantitative estimate of drug-likeness (QED) is 0.892. The monoisotopic (exact) mass is 300 g/mol. The predicted octanol–water partition coefficient (Wildman–Crippen LogP) is 1.72. The lowest BCUT2D eigenvalue weighted by atomic mass is 9.94. The van der Waals surface area contributed by atoms with Gasteiger partial charge in [-0.15, -0.1) is 12.4 Å². The van der Waals surface area contributed by atoms with Crippen LogP contribution in [-0.2, 0) is 11.8 Å². The van der Waals surface area contributed by atoms with Gasteiger partial charge >= 0.3 is 0 Å². The van der Waals surface area contributed by atoms with E-state index >= 15 is 0 Å². The molecule has 3 atom stereocenters. The van der Waals surface area contributed by atoms with Gasteiger partial charge in [0.1, 0.15) is 0 Å². The molecule has 0 spiro atoms. The molecule has 20 heavy (non-hydrogen) atoms. The van der Waals surface area contributed by atoms with Crippen molar-refractivity contribution in [1.29, 1.82) is 0 Å². The van der Waals surface area contributed by atoms with E-state index in [1.165, 1.54) is 30.6 Å². The average molecular weight is 301 g/mol. The molecule has 1 aliphatic heterocycles. The van der Waals surface area contributed by atoms with Gasteiger partial charge in [-0.2, -0.15) is 5.10 Å². The van der Waals surface area contributed by atoms with Gasteiger partial charge in [0.25, 0.3) is 0 Å². The Morgan fingerprint density at radius 3 is 2.95 bits per heavy atom. The van der Waals surface area contributed by atoms with Crippen molar-refractivity contribution in [3.05, 3.63) is 11.9 Å². The molecule has 1 saturated heterocycles. The molecule has 3 unspecified atom stereocenters. The number of halogens is 1. The zero-order valence-electron chi connectivity index (χ0n) is 12.3. The average Bonchev–Trinajstić information content (AvgIpc) is 3.02. The molecule has 0 bridgehead atoms. The summed E-state index contributed by atoms with van der Waals surface area (Å²) in [6.45, 7) is 4.80. The molecule has 2 fully saturated rings. The first-order valence-corrected chi connectivity index (χ1v) is 7.32. The maximum absolute atomic E-state index is 5.61. The Morgan fingerprint density at radius 1 is 1.45 bits per heavy atom. The number of hydrogen-bond donors (Lipinski definition) is 2. The van der Waals surface area contributed by atoms with Crippen molar-refractivity contribution < 1.29 is 4.74 Å². The number of nitrogens with one attached hydrogen (secondary N) is 2. The lowest BCUT2D eigenvalue weighted by molar-refractivity contribution is 0.0559. The highest BCUT2D eigenvalue weighted by molar-refractivity contribution is 5.85. The van der Waals surface area contributed by atoms with Gasteiger partial charge in [-0.25, -0.2) is 0 Å². The van der Waals surface area contributed by atoms with Crippen LogP contribution in [0.2, 0.25) is 0 Å². The van der Waals surface area contributed by atoms with Gasteiger partial charge < -0.3 is 15.4 Å². The van der Waals surface area contributed by atoms with E-state index in [9.17, 15) is 0 Å². The summed E-state index contributed by atoms with van der Waals surface area (Å²) in [5.41, 5.74) is 2.38. The standard InChI is InChI=1S/C14H24N4O.ClH/c1-10-13(8-16-18(10)2)17-12-5-3-4-11(12)14-9-19-7-6-15-14;/h8,11-12,14-15,17H,3-7,9H2,1-2H3;1H. The lowest BCUT2D eigenvalue weighted by Gasteiger charge is -2.33. The molecular formula is C14H25ClN4O. The minimum Gasteiger partial charge on any atom is -0.379 e. The Hall–Kier alpha value is -0.780. The summed E-state index contributed by atoms with van der Waals surface area (Å²) in [7, 11) is 1.99. The van der Waals surface area contributed by atoms with E-state index in [2.05, 4.69) is 22.7 Å². The van der Waals surface area contributed by atoms with Gasteiger partial charge in [-0.3, -0.25) is 4.68 Å². The first-order valence-electron chi connectivity index (χ1n) is 7.32. The SMILES string of the molecule is Cc1c(NC2CCCC2C2COCCN2)cnn1C.Cl. The van der Waals surface area contributed by atoms with Crippen LogP contribution in [0.5, 0.6) is 0 Å². The zero-order valence-corrected chi connectivity index (χ0v) is 13.1. The van der Waals surface area contributed by atoms with Crippen LogP contribution in [0.3, 0.4) is 0 Å². The molecule has 2 aliphatic rings. The Morgan fingerprint density at radius 2 is 2.30 bits per heavy atom. The minimum absolute atomic E-state index is 0. The molecule has 2 N–H and O–H groups in total. The second kappa shape index (κ2) is 6.78. The fourth-order valence-electron chi connectivity index (χ4n) is 3.35. The maximum atomic E-state index is 5.61. The molecule has 5 nitrogen and oxygen atoms in total. The summed E-state index contributed by atoms with van der Waals surface area (Å²) < 4.78 is 7.54. The van der Waals surface area contributed by atoms with Gasteiger partial charge in [0.15, 0.2) is 0 Å². The molecule has 3 rings (SSSR count). The van der Waals surface area contributed by atoms with Gasteiger partial charge in [0, 0.05) is 25.7 Å². The molecule has 0 radical (unpaired) electrons. The molecular weight excluding hydrogens is 276 g/mol. The van der Waals surface area contributed by atoms with E-state index in [0.29, 0.717) is 18.0 Å². The van der Waals surface area contributed by atoms with Crippen molar-refractivity contribution >= 4 is 18.1 Å². The first-order chi connectivity index (χ1) is 9.25. The van der Waals surface area contributed by atoms with Crippen molar-refractivity contribution in [2.24, 2.45) is 13.0 Å². The number of nitrogens with zero attached hydrogens (tertiary/aromatic N) is 2. The smallest absolute Gasteiger partial charge is 0.0758 e. The normalized spacial score (nSPS) is 30.0. The van der Waals surface area contributed by atoms with Crippen molar-refractivity contribution in [3.8, 4) is 0 Å². The number of hydrogen-bond acceptors (Lipinski definition) is 4. The van der Waals surface area contributed by atoms with Crippen molar-refractivity contribution in [2.75, 3.05) is 25.1 Å². The second-order valence-electron chi connectivity index (χ2n) is 5.75. The third-order valence-corrected chi connectivity index (χ3v) is 4.61. The van der Waals surface area contributed by atoms with Crippen LogP contribution >= 0.6 is 12.4 Å². The van der Waals surface area contributed by atoms with Crippen LogP contribution in [0.15, 0.2) is 6.20 Å². The van der Waals surface area contributed by atoms with Crippen LogP contribution in [0.1, 0.15) is 25.0 Å². The van der Waals surface area contributed by atoms with E-state index in [1.807, 2.05) is 17.9 Å². The van der Waals surface area contributed by atoms with E-state index in [4.69, 9.17) is 4.74 Å². The summed E-state index contributed by atoms with van der Waals surface area (Å²) in [4.78, 5) is 0. The van der Waals surface area contributed by atoms with Crippen LogP contribution in [0.4, 0.5) is 5.69 Å². The summed E-state index contributed by atoms with van der Waals surface area (Å²) in [5.74, 6) is 0.667. The highest BCUT2D eigenvalue weighted by atomic mass is 35.5. The van der Waals surface area contributed by atoms with Crippen molar-refractivity contribution in [2.45, 2.75) is 38.3 Å². The number of rotatable bonds is 3. The molecule has 0 amide bonds. The minimum atomic E-state index is 0. The van der Waals surface area contributed by atoms with Crippen LogP contribution in [0.25, 0.3) is 0 Å².